The molecule has 0 radical (unpaired) electrons. The highest BCUT2D eigenvalue weighted by molar-refractivity contribution is 9.10. The van der Waals surface area contributed by atoms with Gasteiger partial charge in [0.25, 0.3) is 0 Å². The molecule has 5 aromatic carbocycles. The van der Waals surface area contributed by atoms with Gasteiger partial charge in [0.1, 0.15) is 11.2 Å². The van der Waals surface area contributed by atoms with Gasteiger partial charge in [-0.2, -0.15) is 0 Å². The van der Waals surface area contributed by atoms with Crippen molar-refractivity contribution in [3.05, 3.63) is 95.5 Å². The van der Waals surface area contributed by atoms with E-state index in [1.54, 1.807) is 0 Å². The lowest BCUT2D eigenvalue weighted by molar-refractivity contribution is 0.669. The maximum absolute atomic E-state index is 6.05. The molecule has 0 aliphatic heterocycles. The first-order valence-electron chi connectivity index (χ1n) is 9.31. The number of hydrogen-bond acceptors (Lipinski definition) is 1. The first kappa shape index (κ1) is 15.9. The van der Waals surface area contributed by atoms with E-state index in [0.29, 0.717) is 0 Å². The minimum absolute atomic E-state index is 0.915. The van der Waals surface area contributed by atoms with Gasteiger partial charge in [-0.3, -0.25) is 0 Å². The molecule has 1 nitrogen and oxygen atoms in total. The van der Waals surface area contributed by atoms with Gasteiger partial charge in [-0.15, -0.1) is 0 Å². The van der Waals surface area contributed by atoms with Crippen molar-refractivity contribution in [2.75, 3.05) is 0 Å². The molecule has 0 fully saturated rings. The van der Waals surface area contributed by atoms with Crippen LogP contribution in [0, 0.1) is 0 Å². The lowest BCUT2D eigenvalue weighted by atomic mass is 9.91. The lowest BCUT2D eigenvalue weighted by Gasteiger charge is -2.12. The maximum atomic E-state index is 6.05. The summed E-state index contributed by atoms with van der Waals surface area (Å²) in [6.07, 6.45) is 0. The predicted molar refractivity (Wildman–Crippen MR) is 122 cm³/mol. The highest BCUT2D eigenvalue weighted by Crippen LogP contribution is 2.39. The summed E-state index contributed by atoms with van der Waals surface area (Å²) in [5, 5.41) is 7.35. The summed E-state index contributed by atoms with van der Waals surface area (Å²) >= 11 is 3.59. The van der Waals surface area contributed by atoms with Crippen LogP contribution >= 0.6 is 15.9 Å². The van der Waals surface area contributed by atoms with Crippen molar-refractivity contribution in [2.45, 2.75) is 0 Å². The van der Waals surface area contributed by atoms with Crippen LogP contribution in [0.5, 0.6) is 0 Å². The van der Waals surface area contributed by atoms with Gasteiger partial charge in [0.05, 0.1) is 0 Å². The van der Waals surface area contributed by atoms with E-state index in [9.17, 15) is 0 Å². The molecule has 0 saturated heterocycles. The monoisotopic (exact) mass is 422 g/mol. The highest BCUT2D eigenvalue weighted by Gasteiger charge is 2.13. The molecule has 1 heterocycles. The molecule has 28 heavy (non-hydrogen) atoms. The van der Waals surface area contributed by atoms with Crippen LogP contribution in [0.25, 0.3) is 54.6 Å². The van der Waals surface area contributed by atoms with Crippen molar-refractivity contribution in [3.63, 3.8) is 0 Å². The Labute approximate surface area is 170 Å². The second kappa shape index (κ2) is 5.95. The van der Waals surface area contributed by atoms with Crippen LogP contribution in [-0.4, -0.2) is 0 Å². The third kappa shape index (κ3) is 2.31. The number of fused-ring (bicyclic) bond motifs is 5. The van der Waals surface area contributed by atoms with Crippen molar-refractivity contribution >= 4 is 59.4 Å². The molecule has 0 bridgehead atoms. The summed E-state index contributed by atoms with van der Waals surface area (Å²) < 4.78 is 7.11. The Kier molecular flexibility index (Phi) is 3.38. The zero-order valence-corrected chi connectivity index (χ0v) is 16.5. The van der Waals surface area contributed by atoms with E-state index in [-0.39, 0.29) is 0 Å². The Bertz CT molecular complexity index is 1470. The van der Waals surface area contributed by atoms with E-state index < -0.39 is 0 Å². The van der Waals surface area contributed by atoms with E-state index in [2.05, 4.69) is 94.8 Å². The van der Waals surface area contributed by atoms with Crippen LogP contribution in [0.1, 0.15) is 0 Å². The molecular formula is C26H15BrO. The highest BCUT2D eigenvalue weighted by atomic mass is 79.9. The summed E-state index contributed by atoms with van der Waals surface area (Å²) in [4.78, 5) is 0. The molecule has 0 unspecified atom stereocenters. The van der Waals surface area contributed by atoms with Crippen LogP contribution < -0.4 is 0 Å². The van der Waals surface area contributed by atoms with Gasteiger partial charge >= 0.3 is 0 Å². The van der Waals surface area contributed by atoms with Crippen molar-refractivity contribution < 1.29 is 4.42 Å². The lowest BCUT2D eigenvalue weighted by Crippen LogP contribution is -1.85. The van der Waals surface area contributed by atoms with Crippen LogP contribution in [0.3, 0.4) is 0 Å². The predicted octanol–water partition coefficient (Wildman–Crippen LogP) is 8.32. The van der Waals surface area contributed by atoms with E-state index in [1.165, 1.54) is 32.7 Å². The second-order valence-electron chi connectivity index (χ2n) is 7.15. The third-order valence-corrected chi connectivity index (χ3v) is 5.98. The molecule has 6 rings (SSSR count). The van der Waals surface area contributed by atoms with Gasteiger partial charge in [-0.1, -0.05) is 70.5 Å². The number of rotatable bonds is 1. The third-order valence-electron chi connectivity index (χ3n) is 5.49. The SMILES string of the molecule is Brc1ccc2oc3ccc(-c4c5ccccc5cc5ccccc45)cc3c2c1. The first-order valence-corrected chi connectivity index (χ1v) is 10.1. The Morgan fingerprint density at radius 3 is 1.86 bits per heavy atom. The Morgan fingerprint density at radius 2 is 1.14 bits per heavy atom. The normalized spacial score (nSPS) is 11.8. The largest absolute Gasteiger partial charge is 0.456 e. The van der Waals surface area contributed by atoms with Crippen molar-refractivity contribution in [1.29, 1.82) is 0 Å². The standard InChI is InChI=1S/C26H15BrO/c27-19-10-12-25-23(15-19)22-14-18(9-11-24(22)28-25)26-20-7-3-1-5-16(20)13-17-6-2-4-8-21(17)26/h1-15H. The molecule has 2 heteroatoms. The molecular weight excluding hydrogens is 408 g/mol. The van der Waals surface area contributed by atoms with Gasteiger partial charge in [-0.25, -0.2) is 0 Å². The average Bonchev–Trinajstić information content (AvgIpc) is 3.09. The molecule has 0 aliphatic carbocycles. The number of benzene rings is 5. The Hall–Kier alpha value is -3.10. The minimum Gasteiger partial charge on any atom is -0.456 e. The second-order valence-corrected chi connectivity index (χ2v) is 8.06. The van der Waals surface area contributed by atoms with Crippen molar-refractivity contribution in [2.24, 2.45) is 0 Å². The minimum atomic E-state index is 0.915. The molecule has 1 aromatic heterocycles. The number of hydrogen-bond donors (Lipinski definition) is 0. The molecule has 0 atom stereocenters. The Balaban J connectivity index is 1.76. The van der Waals surface area contributed by atoms with Gasteiger partial charge in [0, 0.05) is 15.2 Å². The fourth-order valence-corrected chi connectivity index (χ4v) is 4.59. The van der Waals surface area contributed by atoms with Crippen LogP contribution in [0.4, 0.5) is 0 Å². The Morgan fingerprint density at radius 1 is 0.536 bits per heavy atom. The smallest absolute Gasteiger partial charge is 0.135 e. The van der Waals surface area contributed by atoms with Gasteiger partial charge < -0.3 is 4.42 Å². The summed E-state index contributed by atoms with van der Waals surface area (Å²) in [6.45, 7) is 0. The molecule has 132 valence electrons. The summed E-state index contributed by atoms with van der Waals surface area (Å²) in [6, 6.07) is 32.2. The van der Waals surface area contributed by atoms with E-state index in [4.69, 9.17) is 4.42 Å². The summed E-state index contributed by atoms with van der Waals surface area (Å²) in [5.41, 5.74) is 4.32. The number of furan rings is 1. The molecule has 0 N–H and O–H groups in total. The van der Waals surface area contributed by atoms with E-state index >= 15 is 0 Å². The quantitative estimate of drug-likeness (QED) is 0.242. The molecule has 0 saturated carbocycles. The summed E-state index contributed by atoms with van der Waals surface area (Å²) in [5.74, 6) is 0. The molecule has 6 aromatic rings. The fourth-order valence-electron chi connectivity index (χ4n) is 4.23. The van der Waals surface area contributed by atoms with Crippen LogP contribution in [0.15, 0.2) is 99.9 Å². The van der Waals surface area contributed by atoms with E-state index in [0.717, 1.165) is 26.4 Å². The van der Waals surface area contributed by atoms with E-state index in [1.807, 2.05) is 12.1 Å². The van der Waals surface area contributed by atoms with Crippen molar-refractivity contribution in [1.82, 2.24) is 0 Å². The summed E-state index contributed by atoms with van der Waals surface area (Å²) in [7, 11) is 0. The topological polar surface area (TPSA) is 13.1 Å². The maximum Gasteiger partial charge on any atom is 0.135 e. The van der Waals surface area contributed by atoms with Gasteiger partial charge in [0.15, 0.2) is 0 Å². The van der Waals surface area contributed by atoms with Crippen LogP contribution in [-0.2, 0) is 0 Å². The molecule has 0 aliphatic rings. The van der Waals surface area contributed by atoms with Gasteiger partial charge in [-0.05, 0) is 69.1 Å². The van der Waals surface area contributed by atoms with Crippen molar-refractivity contribution in [3.8, 4) is 11.1 Å². The zero-order valence-electron chi connectivity index (χ0n) is 14.9. The molecule has 0 spiro atoms. The zero-order chi connectivity index (χ0) is 18.7. The number of halogens is 1. The van der Waals surface area contributed by atoms with Crippen LogP contribution in [0.2, 0.25) is 0 Å². The first-order chi connectivity index (χ1) is 13.8. The fraction of sp³-hybridized carbons (Fsp3) is 0. The molecule has 0 amide bonds. The average molecular weight is 423 g/mol. The van der Waals surface area contributed by atoms with Gasteiger partial charge in [0.2, 0.25) is 0 Å².